The van der Waals surface area contributed by atoms with Crippen LogP contribution in [0.1, 0.15) is 45.1 Å². The second-order valence-corrected chi connectivity index (χ2v) is 6.77. The van der Waals surface area contributed by atoms with Crippen molar-refractivity contribution in [1.82, 2.24) is 9.88 Å². The second-order valence-electron chi connectivity index (χ2n) is 6.77. The van der Waals surface area contributed by atoms with Gasteiger partial charge in [0.05, 0.1) is 6.10 Å². The molecule has 1 amide bonds. The van der Waals surface area contributed by atoms with E-state index >= 15 is 0 Å². The summed E-state index contributed by atoms with van der Waals surface area (Å²) in [5.41, 5.74) is 1.16. The fourth-order valence-corrected chi connectivity index (χ4v) is 3.17. The fraction of sp³-hybridized carbons (Fsp3) is 0.667. The SMILES string of the molecule is CC(C)C[C@H](O)C1CCN(C(=O)CCc2ccncc2)CC1. The van der Waals surface area contributed by atoms with Crippen molar-refractivity contribution in [2.75, 3.05) is 13.1 Å². The predicted molar refractivity (Wildman–Crippen MR) is 87.3 cm³/mol. The minimum Gasteiger partial charge on any atom is -0.393 e. The van der Waals surface area contributed by atoms with Crippen molar-refractivity contribution in [3.8, 4) is 0 Å². The van der Waals surface area contributed by atoms with Gasteiger partial charge in [-0.15, -0.1) is 0 Å². The molecule has 0 aliphatic carbocycles. The number of carbonyl (C=O) groups excluding carboxylic acids is 1. The van der Waals surface area contributed by atoms with Gasteiger partial charge in [-0.25, -0.2) is 0 Å². The minimum absolute atomic E-state index is 0.214. The Balaban J connectivity index is 1.73. The van der Waals surface area contributed by atoms with E-state index in [1.54, 1.807) is 12.4 Å². The smallest absolute Gasteiger partial charge is 0.222 e. The number of carbonyl (C=O) groups is 1. The summed E-state index contributed by atoms with van der Waals surface area (Å²) in [6.45, 7) is 5.85. The molecular weight excluding hydrogens is 276 g/mol. The first-order valence-electron chi connectivity index (χ1n) is 8.41. The quantitative estimate of drug-likeness (QED) is 0.879. The number of aromatic nitrogens is 1. The lowest BCUT2D eigenvalue weighted by Gasteiger charge is -2.34. The summed E-state index contributed by atoms with van der Waals surface area (Å²) in [7, 11) is 0. The van der Waals surface area contributed by atoms with Gasteiger partial charge >= 0.3 is 0 Å². The van der Waals surface area contributed by atoms with Crippen molar-refractivity contribution in [2.24, 2.45) is 11.8 Å². The molecule has 4 nitrogen and oxygen atoms in total. The van der Waals surface area contributed by atoms with Crippen LogP contribution >= 0.6 is 0 Å². The molecule has 0 spiro atoms. The van der Waals surface area contributed by atoms with E-state index in [0.29, 0.717) is 18.3 Å². The van der Waals surface area contributed by atoms with Crippen LogP contribution in [-0.4, -0.2) is 40.1 Å². The zero-order valence-electron chi connectivity index (χ0n) is 13.7. The lowest BCUT2D eigenvalue weighted by molar-refractivity contribution is -0.133. The Kier molecular flexibility index (Phi) is 6.37. The number of hydrogen-bond acceptors (Lipinski definition) is 3. The first kappa shape index (κ1) is 16.9. The highest BCUT2D eigenvalue weighted by molar-refractivity contribution is 5.76. The largest absolute Gasteiger partial charge is 0.393 e. The third-order valence-electron chi connectivity index (χ3n) is 4.53. The van der Waals surface area contributed by atoms with Gasteiger partial charge in [-0.05, 0) is 55.2 Å². The van der Waals surface area contributed by atoms with Gasteiger partial charge in [0.15, 0.2) is 0 Å². The molecule has 0 radical (unpaired) electrons. The maximum absolute atomic E-state index is 12.3. The van der Waals surface area contributed by atoms with Crippen LogP contribution in [0.25, 0.3) is 0 Å². The molecule has 1 N–H and O–H groups in total. The summed E-state index contributed by atoms with van der Waals surface area (Å²) in [5, 5.41) is 10.2. The number of aliphatic hydroxyl groups excluding tert-OH is 1. The Morgan fingerprint density at radius 3 is 2.55 bits per heavy atom. The van der Waals surface area contributed by atoms with E-state index < -0.39 is 0 Å². The zero-order chi connectivity index (χ0) is 15.9. The standard InChI is InChI=1S/C18H28N2O2/c1-14(2)13-17(21)16-7-11-20(12-8-16)18(22)4-3-15-5-9-19-10-6-15/h5-6,9-10,14,16-17,21H,3-4,7-8,11-13H2,1-2H3/t17-/m0/s1. The number of nitrogens with zero attached hydrogens (tertiary/aromatic N) is 2. The maximum atomic E-state index is 12.3. The Labute approximate surface area is 133 Å². The second kappa shape index (κ2) is 8.28. The van der Waals surface area contributed by atoms with Crippen LogP contribution in [0.15, 0.2) is 24.5 Å². The minimum atomic E-state index is -0.214. The van der Waals surface area contributed by atoms with Gasteiger partial charge < -0.3 is 10.0 Å². The summed E-state index contributed by atoms with van der Waals surface area (Å²) < 4.78 is 0. The van der Waals surface area contributed by atoms with Crippen molar-refractivity contribution in [3.05, 3.63) is 30.1 Å². The third kappa shape index (κ3) is 5.09. The van der Waals surface area contributed by atoms with Crippen LogP contribution in [0, 0.1) is 11.8 Å². The van der Waals surface area contributed by atoms with Crippen molar-refractivity contribution in [2.45, 2.75) is 52.1 Å². The highest BCUT2D eigenvalue weighted by atomic mass is 16.3. The van der Waals surface area contributed by atoms with Crippen LogP contribution in [0.2, 0.25) is 0 Å². The first-order valence-corrected chi connectivity index (χ1v) is 8.41. The highest BCUT2D eigenvalue weighted by Crippen LogP contribution is 2.25. The molecule has 0 saturated carbocycles. The highest BCUT2D eigenvalue weighted by Gasteiger charge is 2.27. The normalized spacial score (nSPS) is 17.7. The number of likely N-dealkylation sites (tertiary alicyclic amines) is 1. The predicted octanol–water partition coefficient (Wildman–Crippen LogP) is 2.66. The topological polar surface area (TPSA) is 53.4 Å². The van der Waals surface area contributed by atoms with E-state index in [9.17, 15) is 9.90 Å². The fourth-order valence-electron chi connectivity index (χ4n) is 3.17. The maximum Gasteiger partial charge on any atom is 0.222 e. The van der Waals surface area contributed by atoms with Gasteiger partial charge in [-0.1, -0.05) is 13.8 Å². The zero-order valence-corrected chi connectivity index (χ0v) is 13.7. The average molecular weight is 304 g/mol. The van der Waals surface area contributed by atoms with E-state index in [1.165, 1.54) is 0 Å². The van der Waals surface area contributed by atoms with Crippen LogP contribution < -0.4 is 0 Å². The van der Waals surface area contributed by atoms with Gasteiger partial charge in [0.2, 0.25) is 5.91 Å². The number of amides is 1. The molecule has 1 aliphatic rings. The monoisotopic (exact) mass is 304 g/mol. The summed E-state index contributed by atoms with van der Waals surface area (Å²) >= 11 is 0. The van der Waals surface area contributed by atoms with E-state index in [2.05, 4.69) is 18.8 Å². The average Bonchev–Trinajstić information content (AvgIpc) is 2.53. The number of pyridine rings is 1. The molecule has 1 atom stereocenters. The van der Waals surface area contributed by atoms with Crippen LogP contribution in [-0.2, 0) is 11.2 Å². The van der Waals surface area contributed by atoms with Crippen LogP contribution in [0.3, 0.4) is 0 Å². The van der Waals surface area contributed by atoms with Crippen LogP contribution in [0.4, 0.5) is 0 Å². The van der Waals surface area contributed by atoms with Gasteiger partial charge in [0.25, 0.3) is 0 Å². The Bertz CT molecular complexity index is 453. The molecule has 122 valence electrons. The van der Waals surface area contributed by atoms with Gasteiger partial charge in [0.1, 0.15) is 0 Å². The van der Waals surface area contributed by atoms with Gasteiger partial charge in [-0.2, -0.15) is 0 Å². The molecule has 0 bridgehead atoms. The summed E-state index contributed by atoms with van der Waals surface area (Å²) in [5.74, 6) is 1.11. The molecule has 1 fully saturated rings. The lowest BCUT2D eigenvalue weighted by atomic mass is 9.87. The molecule has 2 heterocycles. The molecule has 1 aliphatic heterocycles. The Morgan fingerprint density at radius 1 is 1.32 bits per heavy atom. The number of aliphatic hydroxyl groups is 1. The first-order chi connectivity index (χ1) is 10.6. The molecule has 1 aromatic heterocycles. The van der Waals surface area contributed by atoms with Crippen molar-refractivity contribution in [1.29, 1.82) is 0 Å². The molecular formula is C18H28N2O2. The molecule has 0 unspecified atom stereocenters. The van der Waals surface area contributed by atoms with Crippen molar-refractivity contribution in [3.63, 3.8) is 0 Å². The summed E-state index contributed by atoms with van der Waals surface area (Å²) in [4.78, 5) is 18.2. The lowest BCUT2D eigenvalue weighted by Crippen LogP contribution is -2.41. The van der Waals surface area contributed by atoms with E-state index in [1.807, 2.05) is 17.0 Å². The van der Waals surface area contributed by atoms with Crippen molar-refractivity contribution >= 4 is 5.91 Å². The van der Waals surface area contributed by atoms with E-state index in [4.69, 9.17) is 0 Å². The van der Waals surface area contributed by atoms with E-state index in [-0.39, 0.29) is 12.0 Å². The summed E-state index contributed by atoms with van der Waals surface area (Å²) in [6, 6.07) is 3.92. The third-order valence-corrected chi connectivity index (χ3v) is 4.53. The molecule has 4 heteroatoms. The van der Waals surface area contributed by atoms with Crippen molar-refractivity contribution < 1.29 is 9.90 Å². The molecule has 22 heavy (non-hydrogen) atoms. The summed E-state index contributed by atoms with van der Waals surface area (Å²) in [6.07, 6.45) is 7.36. The number of hydrogen-bond donors (Lipinski definition) is 1. The van der Waals surface area contributed by atoms with Gasteiger partial charge in [0, 0.05) is 31.9 Å². The molecule has 0 aromatic carbocycles. The number of rotatable bonds is 6. The Hall–Kier alpha value is -1.42. The molecule has 1 aromatic rings. The van der Waals surface area contributed by atoms with Gasteiger partial charge in [-0.3, -0.25) is 9.78 Å². The van der Waals surface area contributed by atoms with E-state index in [0.717, 1.165) is 44.3 Å². The molecule has 2 rings (SSSR count). The Morgan fingerprint density at radius 2 is 1.95 bits per heavy atom. The molecule has 1 saturated heterocycles. The number of aryl methyl sites for hydroxylation is 1. The van der Waals surface area contributed by atoms with Crippen LogP contribution in [0.5, 0.6) is 0 Å². The number of piperidine rings is 1.